The highest BCUT2D eigenvalue weighted by atomic mass is 15.1. The highest BCUT2D eigenvalue weighted by Crippen LogP contribution is 2.30. The molecule has 1 aliphatic carbocycles. The van der Waals surface area contributed by atoms with Crippen molar-refractivity contribution in [3.8, 4) is 6.07 Å². The highest BCUT2D eigenvalue weighted by molar-refractivity contribution is 5.92. The van der Waals surface area contributed by atoms with Gasteiger partial charge in [0.05, 0.1) is 11.2 Å². The number of fused-ring (bicyclic) bond motifs is 1. The molecule has 21 heavy (non-hydrogen) atoms. The number of nitrogens with one attached hydrogen (secondary N) is 1. The van der Waals surface area contributed by atoms with E-state index in [1.807, 2.05) is 24.3 Å². The Labute approximate surface area is 124 Å². The Morgan fingerprint density at radius 3 is 2.86 bits per heavy atom. The summed E-state index contributed by atoms with van der Waals surface area (Å²) < 4.78 is 0. The maximum Gasteiger partial charge on any atom is 0.186 e. The fourth-order valence-electron chi connectivity index (χ4n) is 3.14. The zero-order valence-corrected chi connectivity index (χ0v) is 11.9. The third-order valence-electron chi connectivity index (χ3n) is 4.32. The first-order chi connectivity index (χ1) is 10.3. The van der Waals surface area contributed by atoms with E-state index >= 15 is 0 Å². The van der Waals surface area contributed by atoms with E-state index < -0.39 is 0 Å². The van der Waals surface area contributed by atoms with Gasteiger partial charge in [0, 0.05) is 11.4 Å². The molecule has 0 amide bonds. The average Bonchev–Trinajstić information content (AvgIpc) is 2.55. The van der Waals surface area contributed by atoms with Crippen molar-refractivity contribution < 1.29 is 0 Å². The summed E-state index contributed by atoms with van der Waals surface area (Å²) in [7, 11) is 0. The van der Waals surface area contributed by atoms with Gasteiger partial charge in [-0.1, -0.05) is 31.0 Å². The summed E-state index contributed by atoms with van der Waals surface area (Å²) in [6, 6.07) is 10.2. The molecule has 1 saturated carbocycles. The van der Waals surface area contributed by atoms with Crippen LogP contribution in [0.3, 0.4) is 0 Å². The predicted molar refractivity (Wildman–Crippen MR) is 82.7 cm³/mol. The van der Waals surface area contributed by atoms with Gasteiger partial charge in [0.1, 0.15) is 6.07 Å². The second-order valence-corrected chi connectivity index (χ2v) is 5.58. The van der Waals surface area contributed by atoms with Gasteiger partial charge in [0.2, 0.25) is 0 Å². The van der Waals surface area contributed by atoms with Crippen molar-refractivity contribution in [2.75, 3.05) is 11.9 Å². The van der Waals surface area contributed by atoms with Crippen molar-refractivity contribution in [2.45, 2.75) is 31.7 Å². The maximum absolute atomic E-state index is 9.31. The molecule has 1 heterocycles. The second kappa shape index (κ2) is 6.06. The summed E-state index contributed by atoms with van der Waals surface area (Å²) in [6.45, 7) is 0.677. The number of nitriles is 1. The van der Waals surface area contributed by atoms with Crippen molar-refractivity contribution in [3.05, 3.63) is 30.0 Å². The average molecular weight is 281 g/mol. The number of hydrogen-bond donors (Lipinski definition) is 2. The minimum atomic E-state index is 0.309. The Kier molecular flexibility index (Phi) is 3.98. The van der Waals surface area contributed by atoms with Gasteiger partial charge in [-0.3, -0.25) is 0 Å². The molecule has 5 nitrogen and oxygen atoms in total. The Morgan fingerprint density at radius 2 is 2.05 bits per heavy atom. The summed E-state index contributed by atoms with van der Waals surface area (Å²) in [4.78, 5) is 0. The molecule has 0 bridgehead atoms. The summed E-state index contributed by atoms with van der Waals surface area (Å²) >= 11 is 0. The number of anilines is 1. The van der Waals surface area contributed by atoms with E-state index in [4.69, 9.17) is 5.73 Å². The Morgan fingerprint density at radius 1 is 1.24 bits per heavy atom. The van der Waals surface area contributed by atoms with Crippen LogP contribution in [0.5, 0.6) is 0 Å². The van der Waals surface area contributed by atoms with Crippen LogP contribution in [0.25, 0.3) is 10.9 Å². The largest absolute Gasteiger partial charge is 0.379 e. The van der Waals surface area contributed by atoms with Gasteiger partial charge < -0.3 is 11.1 Å². The van der Waals surface area contributed by atoms with E-state index in [9.17, 15) is 5.26 Å². The van der Waals surface area contributed by atoms with E-state index in [1.54, 1.807) is 0 Å². The SMILES string of the molecule is N#Cc1nnc2ccccc2c1NC1CCCCC1CN. The number of nitrogens with zero attached hydrogens (tertiary/aromatic N) is 3. The van der Waals surface area contributed by atoms with Crippen molar-refractivity contribution in [2.24, 2.45) is 11.7 Å². The molecule has 108 valence electrons. The Hall–Kier alpha value is -2.19. The van der Waals surface area contributed by atoms with Gasteiger partial charge in [-0.25, -0.2) is 0 Å². The van der Waals surface area contributed by atoms with E-state index in [1.165, 1.54) is 12.8 Å². The molecule has 1 aromatic heterocycles. The molecule has 2 unspecified atom stereocenters. The van der Waals surface area contributed by atoms with Crippen LogP contribution in [0, 0.1) is 17.2 Å². The normalized spacial score (nSPS) is 21.9. The molecule has 0 saturated heterocycles. The van der Waals surface area contributed by atoms with E-state index in [-0.39, 0.29) is 0 Å². The van der Waals surface area contributed by atoms with Crippen LogP contribution in [-0.2, 0) is 0 Å². The Balaban J connectivity index is 2.00. The molecule has 0 spiro atoms. The number of hydrogen-bond acceptors (Lipinski definition) is 5. The van der Waals surface area contributed by atoms with Crippen LogP contribution in [0.15, 0.2) is 24.3 Å². The molecule has 3 N–H and O–H groups in total. The summed E-state index contributed by atoms with van der Waals surface area (Å²) in [5.74, 6) is 0.456. The van der Waals surface area contributed by atoms with Crippen LogP contribution in [0.1, 0.15) is 31.4 Å². The van der Waals surface area contributed by atoms with Gasteiger partial charge in [-0.15, -0.1) is 10.2 Å². The third kappa shape index (κ3) is 2.67. The standard InChI is InChI=1S/C16H19N5/c17-9-11-5-1-3-7-13(11)19-16-12-6-2-4-8-14(12)20-21-15(16)10-18/h2,4,6,8,11,13H,1,3,5,7,9,17H2,(H,19,20). The molecule has 2 atom stereocenters. The molecular weight excluding hydrogens is 262 g/mol. The number of benzene rings is 1. The van der Waals surface area contributed by atoms with Gasteiger partial charge in [-0.2, -0.15) is 5.26 Å². The smallest absolute Gasteiger partial charge is 0.186 e. The van der Waals surface area contributed by atoms with Crippen molar-refractivity contribution >= 4 is 16.6 Å². The van der Waals surface area contributed by atoms with Gasteiger partial charge in [0.25, 0.3) is 0 Å². The number of rotatable bonds is 3. The fraction of sp³-hybridized carbons (Fsp3) is 0.438. The van der Waals surface area contributed by atoms with E-state index in [0.29, 0.717) is 24.2 Å². The number of nitrogens with two attached hydrogens (primary N) is 1. The minimum absolute atomic E-state index is 0.309. The van der Waals surface area contributed by atoms with Gasteiger partial charge >= 0.3 is 0 Å². The van der Waals surface area contributed by atoms with Crippen LogP contribution in [0.2, 0.25) is 0 Å². The van der Waals surface area contributed by atoms with Crippen LogP contribution in [-0.4, -0.2) is 22.8 Å². The van der Waals surface area contributed by atoms with Gasteiger partial charge in [0.15, 0.2) is 5.69 Å². The van der Waals surface area contributed by atoms with Crippen molar-refractivity contribution in [3.63, 3.8) is 0 Å². The quantitative estimate of drug-likeness (QED) is 0.902. The molecule has 0 radical (unpaired) electrons. The summed E-state index contributed by atoms with van der Waals surface area (Å²) in [5.41, 5.74) is 7.86. The van der Waals surface area contributed by atoms with E-state index in [2.05, 4.69) is 21.6 Å². The van der Waals surface area contributed by atoms with Crippen LogP contribution < -0.4 is 11.1 Å². The first kappa shape index (κ1) is 13.8. The van der Waals surface area contributed by atoms with Crippen molar-refractivity contribution in [1.82, 2.24) is 10.2 Å². The topological polar surface area (TPSA) is 87.6 Å². The lowest BCUT2D eigenvalue weighted by molar-refractivity contribution is 0.333. The molecule has 1 aromatic carbocycles. The number of aromatic nitrogens is 2. The molecule has 0 aliphatic heterocycles. The molecule has 2 aromatic rings. The maximum atomic E-state index is 9.31. The summed E-state index contributed by atoms with van der Waals surface area (Å²) in [5, 5.41) is 21.9. The van der Waals surface area contributed by atoms with Gasteiger partial charge in [-0.05, 0) is 31.4 Å². The zero-order valence-electron chi connectivity index (χ0n) is 11.9. The lowest BCUT2D eigenvalue weighted by Crippen LogP contribution is -2.37. The molecule has 1 aliphatic rings. The second-order valence-electron chi connectivity index (χ2n) is 5.58. The molecule has 5 heteroatoms. The monoisotopic (exact) mass is 281 g/mol. The fourth-order valence-corrected chi connectivity index (χ4v) is 3.14. The lowest BCUT2D eigenvalue weighted by atomic mass is 9.84. The highest BCUT2D eigenvalue weighted by Gasteiger charge is 2.25. The van der Waals surface area contributed by atoms with Crippen LogP contribution in [0.4, 0.5) is 5.69 Å². The first-order valence-electron chi connectivity index (χ1n) is 7.45. The Bertz CT molecular complexity index is 676. The first-order valence-corrected chi connectivity index (χ1v) is 7.45. The third-order valence-corrected chi connectivity index (χ3v) is 4.32. The minimum Gasteiger partial charge on any atom is -0.379 e. The molecule has 1 fully saturated rings. The predicted octanol–water partition coefficient (Wildman–Crippen LogP) is 2.43. The lowest BCUT2D eigenvalue weighted by Gasteiger charge is -2.32. The molecule has 3 rings (SSSR count). The van der Waals surface area contributed by atoms with E-state index in [0.717, 1.165) is 29.4 Å². The van der Waals surface area contributed by atoms with Crippen molar-refractivity contribution in [1.29, 1.82) is 5.26 Å². The van der Waals surface area contributed by atoms with Crippen LogP contribution >= 0.6 is 0 Å². The molecular formula is C16H19N5. The summed E-state index contributed by atoms with van der Waals surface area (Å²) in [6.07, 6.45) is 4.67. The zero-order chi connectivity index (χ0) is 14.7.